The number of amides is 1. The van der Waals surface area contributed by atoms with Gasteiger partial charge in [-0.05, 0) is 55.5 Å². The van der Waals surface area contributed by atoms with Crippen LogP contribution in [0, 0.1) is 0 Å². The lowest BCUT2D eigenvalue weighted by Crippen LogP contribution is -2.28. The van der Waals surface area contributed by atoms with Crippen molar-refractivity contribution in [1.29, 1.82) is 0 Å². The van der Waals surface area contributed by atoms with Gasteiger partial charge in [0.25, 0.3) is 5.56 Å². The van der Waals surface area contributed by atoms with Crippen LogP contribution in [0.5, 0.6) is 0 Å². The molecule has 0 saturated heterocycles. The van der Waals surface area contributed by atoms with Crippen molar-refractivity contribution in [3.63, 3.8) is 0 Å². The molecular formula is C27H25N3O2S2. The SMILES string of the molecule is C=CCn1c(SCC(=O)N(c2ccccc2)c2ccccc2)nc2sc3c(c2c1=O)CCCC3. The Bertz CT molecular complexity index is 1350. The first kappa shape index (κ1) is 22.6. The van der Waals surface area contributed by atoms with Crippen LogP contribution in [0.4, 0.5) is 11.4 Å². The predicted octanol–water partition coefficient (Wildman–Crippen LogP) is 5.98. The molecule has 0 N–H and O–H groups in total. The topological polar surface area (TPSA) is 55.2 Å². The minimum atomic E-state index is -0.0765. The van der Waals surface area contributed by atoms with Crippen molar-refractivity contribution in [2.45, 2.75) is 37.4 Å². The normalized spacial score (nSPS) is 12.9. The van der Waals surface area contributed by atoms with Gasteiger partial charge in [0.15, 0.2) is 5.16 Å². The summed E-state index contributed by atoms with van der Waals surface area (Å²) in [5, 5.41) is 1.32. The molecule has 172 valence electrons. The maximum absolute atomic E-state index is 13.5. The summed E-state index contributed by atoms with van der Waals surface area (Å²) in [6.07, 6.45) is 5.93. The molecule has 7 heteroatoms. The Labute approximate surface area is 206 Å². The van der Waals surface area contributed by atoms with E-state index >= 15 is 0 Å². The Balaban J connectivity index is 1.49. The van der Waals surface area contributed by atoms with Crippen molar-refractivity contribution < 1.29 is 4.79 Å². The van der Waals surface area contributed by atoms with Crippen molar-refractivity contribution >= 4 is 50.6 Å². The highest BCUT2D eigenvalue weighted by Crippen LogP contribution is 2.35. The molecule has 2 aromatic heterocycles. The molecule has 0 unspecified atom stereocenters. The minimum Gasteiger partial charge on any atom is -0.283 e. The van der Waals surface area contributed by atoms with Crippen molar-refractivity contribution in [3.8, 4) is 0 Å². The third-order valence-corrected chi connectivity index (χ3v) is 8.10. The average Bonchev–Trinajstić information content (AvgIpc) is 3.25. The molecule has 2 aromatic carbocycles. The van der Waals surface area contributed by atoms with Crippen molar-refractivity contribution in [1.82, 2.24) is 9.55 Å². The third kappa shape index (κ3) is 4.33. The summed E-state index contributed by atoms with van der Waals surface area (Å²) in [6, 6.07) is 19.2. The highest BCUT2D eigenvalue weighted by atomic mass is 32.2. The Hall–Kier alpha value is -3.16. The van der Waals surface area contributed by atoms with Gasteiger partial charge in [0, 0.05) is 22.8 Å². The molecule has 1 aliphatic rings. The molecule has 2 heterocycles. The van der Waals surface area contributed by atoms with Crippen LogP contribution in [-0.4, -0.2) is 21.2 Å². The van der Waals surface area contributed by atoms with Crippen molar-refractivity contribution in [2.24, 2.45) is 0 Å². The van der Waals surface area contributed by atoms with E-state index in [-0.39, 0.29) is 17.2 Å². The van der Waals surface area contributed by atoms with Crippen LogP contribution in [0.1, 0.15) is 23.3 Å². The summed E-state index contributed by atoms with van der Waals surface area (Å²) in [7, 11) is 0. The molecule has 0 atom stereocenters. The summed E-state index contributed by atoms with van der Waals surface area (Å²) in [4.78, 5) is 35.6. The van der Waals surface area contributed by atoms with E-state index in [2.05, 4.69) is 6.58 Å². The Morgan fingerprint density at radius 2 is 1.71 bits per heavy atom. The second-order valence-electron chi connectivity index (χ2n) is 8.18. The smallest absolute Gasteiger partial charge is 0.263 e. The lowest BCUT2D eigenvalue weighted by Gasteiger charge is -2.23. The number of benzene rings is 2. The van der Waals surface area contributed by atoms with Gasteiger partial charge in [-0.1, -0.05) is 54.2 Å². The summed E-state index contributed by atoms with van der Waals surface area (Å²) in [5.74, 6) is 0.0802. The quantitative estimate of drug-likeness (QED) is 0.183. The number of thioether (sulfide) groups is 1. The van der Waals surface area contributed by atoms with E-state index in [1.54, 1.807) is 26.9 Å². The number of carbonyl (C=O) groups excluding carboxylic acids is 1. The molecule has 5 nitrogen and oxygen atoms in total. The van der Waals surface area contributed by atoms with Crippen LogP contribution in [0.25, 0.3) is 10.2 Å². The van der Waals surface area contributed by atoms with Crippen LogP contribution >= 0.6 is 23.1 Å². The summed E-state index contributed by atoms with van der Waals surface area (Å²) in [6.45, 7) is 4.19. The highest BCUT2D eigenvalue weighted by molar-refractivity contribution is 7.99. The number of hydrogen-bond donors (Lipinski definition) is 0. The second-order valence-corrected chi connectivity index (χ2v) is 10.2. The molecule has 4 aromatic rings. The van der Waals surface area contributed by atoms with E-state index in [0.717, 1.165) is 47.3 Å². The van der Waals surface area contributed by atoms with E-state index in [1.807, 2.05) is 60.7 Å². The first-order valence-corrected chi connectivity index (χ1v) is 13.2. The molecular weight excluding hydrogens is 462 g/mol. The van der Waals surface area contributed by atoms with Crippen molar-refractivity contribution in [3.05, 3.63) is 94.1 Å². The van der Waals surface area contributed by atoms with Gasteiger partial charge in [0.2, 0.25) is 5.91 Å². The number of carbonyl (C=O) groups is 1. The van der Waals surface area contributed by atoms with Gasteiger partial charge in [0.05, 0.1) is 11.1 Å². The zero-order valence-electron chi connectivity index (χ0n) is 18.8. The average molecular weight is 488 g/mol. The van der Waals surface area contributed by atoms with E-state index < -0.39 is 0 Å². The molecule has 34 heavy (non-hydrogen) atoms. The lowest BCUT2D eigenvalue weighted by atomic mass is 9.97. The fourth-order valence-corrected chi connectivity index (χ4v) is 6.56. The van der Waals surface area contributed by atoms with E-state index in [0.29, 0.717) is 11.7 Å². The van der Waals surface area contributed by atoms with Crippen LogP contribution < -0.4 is 10.5 Å². The number of fused-ring (bicyclic) bond motifs is 3. The summed E-state index contributed by atoms with van der Waals surface area (Å²) < 4.78 is 1.66. The number of para-hydroxylation sites is 2. The van der Waals surface area contributed by atoms with Gasteiger partial charge in [-0.2, -0.15) is 0 Å². The maximum Gasteiger partial charge on any atom is 0.263 e. The number of thiophene rings is 1. The molecule has 0 bridgehead atoms. The monoisotopic (exact) mass is 487 g/mol. The van der Waals surface area contributed by atoms with Crippen LogP contribution in [0.2, 0.25) is 0 Å². The predicted molar refractivity (Wildman–Crippen MR) is 141 cm³/mol. The van der Waals surface area contributed by atoms with E-state index in [9.17, 15) is 9.59 Å². The van der Waals surface area contributed by atoms with Crippen LogP contribution in [-0.2, 0) is 24.2 Å². The first-order chi connectivity index (χ1) is 16.7. The van der Waals surface area contributed by atoms with Crippen molar-refractivity contribution in [2.75, 3.05) is 10.7 Å². The van der Waals surface area contributed by atoms with Gasteiger partial charge in [-0.15, -0.1) is 17.9 Å². The molecule has 0 aliphatic heterocycles. The molecule has 5 rings (SSSR count). The van der Waals surface area contributed by atoms with E-state index in [4.69, 9.17) is 4.98 Å². The standard InChI is InChI=1S/C27H25N3O2S2/c1-2-17-29-26(32)24-21-15-9-10-16-22(21)34-25(24)28-27(29)33-18-23(31)30(19-11-5-3-6-12-19)20-13-7-4-8-14-20/h2-8,11-14H,1,9-10,15-18H2. The molecule has 0 fully saturated rings. The highest BCUT2D eigenvalue weighted by Gasteiger charge is 2.23. The largest absolute Gasteiger partial charge is 0.283 e. The number of aryl methyl sites for hydroxylation is 2. The fourth-order valence-electron chi connectivity index (χ4n) is 4.40. The third-order valence-electron chi connectivity index (χ3n) is 5.95. The number of allylic oxidation sites excluding steroid dienone is 1. The minimum absolute atomic E-state index is 0.0257. The van der Waals surface area contributed by atoms with Crippen LogP contribution in [0.15, 0.2) is 83.3 Å². The number of nitrogens with zero attached hydrogens (tertiary/aromatic N) is 3. The zero-order valence-corrected chi connectivity index (χ0v) is 20.4. The number of hydrogen-bond acceptors (Lipinski definition) is 5. The van der Waals surface area contributed by atoms with E-state index in [1.165, 1.54) is 22.2 Å². The Kier molecular flexibility index (Phi) is 6.65. The number of anilines is 2. The molecule has 1 amide bonds. The van der Waals surface area contributed by atoms with Gasteiger partial charge in [-0.3, -0.25) is 19.1 Å². The Morgan fingerprint density at radius 3 is 2.35 bits per heavy atom. The zero-order chi connectivity index (χ0) is 23.5. The van der Waals surface area contributed by atoms with Gasteiger partial charge in [-0.25, -0.2) is 4.98 Å². The van der Waals surface area contributed by atoms with Gasteiger partial charge >= 0.3 is 0 Å². The molecule has 0 saturated carbocycles. The molecule has 0 spiro atoms. The number of aromatic nitrogens is 2. The maximum atomic E-state index is 13.5. The van der Waals surface area contributed by atoms with Gasteiger partial charge in [0.1, 0.15) is 4.83 Å². The summed E-state index contributed by atoms with van der Waals surface area (Å²) in [5.41, 5.74) is 2.75. The Morgan fingerprint density at radius 1 is 1.06 bits per heavy atom. The fraction of sp³-hybridized carbons (Fsp3) is 0.222. The summed E-state index contributed by atoms with van der Waals surface area (Å²) >= 11 is 2.94. The number of rotatable bonds is 7. The van der Waals surface area contributed by atoms with Gasteiger partial charge < -0.3 is 0 Å². The van der Waals surface area contributed by atoms with Crippen LogP contribution in [0.3, 0.4) is 0 Å². The lowest BCUT2D eigenvalue weighted by molar-refractivity contribution is -0.115. The molecule has 0 radical (unpaired) electrons. The molecule has 1 aliphatic carbocycles. The second kappa shape index (κ2) is 9.99. The first-order valence-electron chi connectivity index (χ1n) is 11.4.